The Hall–Kier alpha value is -1.95. The number of hydrogen-bond acceptors (Lipinski definition) is 6. The third-order valence-electron chi connectivity index (χ3n) is 2.56. The molecule has 96 valence electrons. The summed E-state index contributed by atoms with van der Waals surface area (Å²) in [6.07, 6.45) is 3.01. The molecular weight excluding hydrogens is 232 g/mol. The van der Waals surface area contributed by atoms with Crippen LogP contribution in [0.15, 0.2) is 23.0 Å². The average Bonchev–Trinajstić information content (AvgIpc) is 2.79. The van der Waals surface area contributed by atoms with Crippen molar-refractivity contribution in [3.8, 4) is 11.5 Å². The Morgan fingerprint density at radius 3 is 2.72 bits per heavy atom. The molecule has 6 heteroatoms. The molecule has 2 aromatic rings. The second-order valence-corrected chi connectivity index (χ2v) is 4.36. The van der Waals surface area contributed by atoms with Crippen LogP contribution in [-0.2, 0) is 4.74 Å². The number of methoxy groups -OCH3 is 1. The maximum atomic E-state index is 5.66. The van der Waals surface area contributed by atoms with Crippen LogP contribution in [-0.4, -0.2) is 22.2 Å². The lowest BCUT2D eigenvalue weighted by Crippen LogP contribution is -2.10. The number of nitrogens with two attached hydrogens (primary N) is 1. The van der Waals surface area contributed by atoms with Crippen LogP contribution in [0.1, 0.15) is 25.8 Å². The van der Waals surface area contributed by atoms with Gasteiger partial charge >= 0.3 is 0 Å². The van der Waals surface area contributed by atoms with Crippen LogP contribution >= 0.6 is 0 Å². The zero-order valence-electron chi connectivity index (χ0n) is 10.6. The van der Waals surface area contributed by atoms with Crippen LogP contribution in [0.2, 0.25) is 0 Å². The smallest absolute Gasteiger partial charge is 0.259 e. The molecule has 2 rings (SSSR count). The molecule has 2 N–H and O–H groups in total. The molecule has 0 aliphatic heterocycles. The Balaban J connectivity index is 2.30. The van der Waals surface area contributed by atoms with Crippen LogP contribution in [0.25, 0.3) is 11.5 Å². The molecular formula is C12H16N4O2. The summed E-state index contributed by atoms with van der Waals surface area (Å²) in [6.45, 7) is 4.07. The normalized spacial score (nSPS) is 12.9. The number of rotatable bonds is 4. The number of anilines is 1. The fraction of sp³-hybridized carbons (Fsp3) is 0.417. The largest absolute Gasteiger partial charge is 0.397 e. The summed E-state index contributed by atoms with van der Waals surface area (Å²) >= 11 is 0. The highest BCUT2D eigenvalue weighted by atomic mass is 16.5. The molecule has 1 atom stereocenters. The number of aromatic nitrogens is 3. The molecule has 0 aliphatic carbocycles. The van der Waals surface area contributed by atoms with Crippen molar-refractivity contribution in [2.75, 3.05) is 12.8 Å². The van der Waals surface area contributed by atoms with E-state index < -0.39 is 0 Å². The molecule has 18 heavy (non-hydrogen) atoms. The molecule has 0 saturated heterocycles. The molecule has 0 radical (unpaired) electrons. The van der Waals surface area contributed by atoms with Crippen molar-refractivity contribution in [3.63, 3.8) is 0 Å². The summed E-state index contributed by atoms with van der Waals surface area (Å²) in [6, 6.07) is 1.74. The highest BCUT2D eigenvalue weighted by Crippen LogP contribution is 2.25. The highest BCUT2D eigenvalue weighted by Gasteiger charge is 2.21. The molecule has 0 bridgehead atoms. The second kappa shape index (κ2) is 5.14. The molecule has 0 saturated carbocycles. The summed E-state index contributed by atoms with van der Waals surface area (Å²) < 4.78 is 10.5. The maximum absolute atomic E-state index is 5.66. The molecule has 0 amide bonds. The van der Waals surface area contributed by atoms with E-state index in [4.69, 9.17) is 15.0 Å². The van der Waals surface area contributed by atoms with E-state index in [0.29, 0.717) is 23.0 Å². The van der Waals surface area contributed by atoms with Crippen molar-refractivity contribution >= 4 is 5.69 Å². The third-order valence-corrected chi connectivity index (χ3v) is 2.56. The van der Waals surface area contributed by atoms with Gasteiger partial charge in [-0.3, -0.25) is 4.98 Å². The van der Waals surface area contributed by atoms with Crippen molar-refractivity contribution in [3.05, 3.63) is 24.3 Å². The van der Waals surface area contributed by atoms with Crippen LogP contribution in [0.3, 0.4) is 0 Å². The van der Waals surface area contributed by atoms with Crippen molar-refractivity contribution in [2.24, 2.45) is 5.92 Å². The van der Waals surface area contributed by atoms with Gasteiger partial charge in [-0.25, -0.2) is 0 Å². The van der Waals surface area contributed by atoms with Gasteiger partial charge in [0.15, 0.2) is 0 Å². The van der Waals surface area contributed by atoms with Gasteiger partial charge in [-0.05, 0) is 12.0 Å². The van der Waals surface area contributed by atoms with E-state index in [0.717, 1.165) is 0 Å². The van der Waals surface area contributed by atoms with Crippen molar-refractivity contribution < 1.29 is 9.26 Å². The second-order valence-electron chi connectivity index (χ2n) is 4.36. The van der Waals surface area contributed by atoms with E-state index in [1.54, 1.807) is 25.6 Å². The van der Waals surface area contributed by atoms with E-state index in [1.165, 1.54) is 0 Å². The van der Waals surface area contributed by atoms with Crippen LogP contribution in [0, 0.1) is 5.92 Å². The predicted octanol–water partition coefficient (Wildman–Crippen LogP) is 2.06. The molecule has 2 heterocycles. The number of nitrogens with zero attached hydrogens (tertiary/aromatic N) is 3. The molecule has 0 aliphatic rings. The first-order valence-corrected chi connectivity index (χ1v) is 5.69. The number of pyridine rings is 1. The first-order chi connectivity index (χ1) is 8.61. The standard InChI is InChI=1S/C12H16N4O2/c1-7(2)10(17-3)11-15-12(18-16-11)8-4-9(13)6-14-5-8/h4-7,10H,13H2,1-3H3. The highest BCUT2D eigenvalue weighted by molar-refractivity contribution is 5.57. The van der Waals surface area contributed by atoms with Crippen LogP contribution in [0.5, 0.6) is 0 Å². The van der Waals surface area contributed by atoms with Crippen LogP contribution < -0.4 is 5.73 Å². The molecule has 6 nitrogen and oxygen atoms in total. The Morgan fingerprint density at radius 2 is 2.11 bits per heavy atom. The van der Waals surface area contributed by atoms with Crippen molar-refractivity contribution in [2.45, 2.75) is 20.0 Å². The quantitative estimate of drug-likeness (QED) is 0.891. The van der Waals surface area contributed by atoms with Crippen LogP contribution in [0.4, 0.5) is 5.69 Å². The van der Waals surface area contributed by atoms with Gasteiger partial charge in [0.2, 0.25) is 5.82 Å². The van der Waals surface area contributed by atoms with E-state index in [9.17, 15) is 0 Å². The number of nitrogen functional groups attached to an aromatic ring is 1. The molecule has 0 fully saturated rings. The van der Waals surface area contributed by atoms with Gasteiger partial charge < -0.3 is 15.0 Å². The topological polar surface area (TPSA) is 87.1 Å². The number of ether oxygens (including phenoxy) is 1. The van der Waals surface area contributed by atoms with E-state index >= 15 is 0 Å². The third kappa shape index (κ3) is 2.48. The Kier molecular flexibility index (Phi) is 3.57. The fourth-order valence-electron chi connectivity index (χ4n) is 1.72. The lowest BCUT2D eigenvalue weighted by atomic mass is 10.1. The van der Waals surface area contributed by atoms with Gasteiger partial charge in [-0.2, -0.15) is 4.98 Å². The van der Waals surface area contributed by atoms with Gasteiger partial charge in [0, 0.05) is 19.5 Å². The van der Waals surface area contributed by atoms with Crippen molar-refractivity contribution in [1.82, 2.24) is 15.1 Å². The first-order valence-electron chi connectivity index (χ1n) is 5.69. The predicted molar refractivity (Wildman–Crippen MR) is 66.5 cm³/mol. The number of hydrogen-bond donors (Lipinski definition) is 1. The van der Waals surface area contributed by atoms with Gasteiger partial charge in [-0.1, -0.05) is 19.0 Å². The van der Waals surface area contributed by atoms with Gasteiger partial charge in [0.05, 0.1) is 11.3 Å². The molecule has 2 aromatic heterocycles. The van der Waals surface area contributed by atoms with Gasteiger partial charge in [-0.15, -0.1) is 0 Å². The fourth-order valence-corrected chi connectivity index (χ4v) is 1.72. The Bertz CT molecular complexity index is 524. The summed E-state index contributed by atoms with van der Waals surface area (Å²) in [5, 5.41) is 3.93. The lowest BCUT2D eigenvalue weighted by molar-refractivity contribution is 0.0556. The Labute approximate surface area is 105 Å². The molecule has 0 aromatic carbocycles. The minimum Gasteiger partial charge on any atom is -0.397 e. The minimum atomic E-state index is -0.184. The summed E-state index contributed by atoms with van der Waals surface area (Å²) in [4.78, 5) is 8.30. The first kappa shape index (κ1) is 12.5. The zero-order chi connectivity index (χ0) is 13.1. The minimum absolute atomic E-state index is 0.184. The Morgan fingerprint density at radius 1 is 1.33 bits per heavy atom. The SMILES string of the molecule is COC(c1noc(-c2cncc(N)c2)n1)C(C)C. The average molecular weight is 248 g/mol. The van der Waals surface area contributed by atoms with Gasteiger partial charge in [0.1, 0.15) is 6.10 Å². The van der Waals surface area contributed by atoms with E-state index in [-0.39, 0.29) is 12.0 Å². The maximum Gasteiger partial charge on any atom is 0.259 e. The molecule has 0 spiro atoms. The van der Waals surface area contributed by atoms with E-state index in [2.05, 4.69) is 15.1 Å². The molecule has 1 unspecified atom stereocenters. The summed E-state index contributed by atoms with van der Waals surface area (Å²) in [5.74, 6) is 1.19. The van der Waals surface area contributed by atoms with E-state index in [1.807, 2.05) is 13.8 Å². The van der Waals surface area contributed by atoms with Crippen molar-refractivity contribution in [1.29, 1.82) is 0 Å². The zero-order valence-corrected chi connectivity index (χ0v) is 10.6. The van der Waals surface area contributed by atoms with Gasteiger partial charge in [0.25, 0.3) is 5.89 Å². The lowest BCUT2D eigenvalue weighted by Gasteiger charge is -2.14. The summed E-state index contributed by atoms with van der Waals surface area (Å²) in [5.41, 5.74) is 6.92. The monoisotopic (exact) mass is 248 g/mol. The summed E-state index contributed by atoms with van der Waals surface area (Å²) in [7, 11) is 1.63.